The second-order valence-electron chi connectivity index (χ2n) is 4.39. The van der Waals surface area contributed by atoms with E-state index >= 15 is 0 Å². The van der Waals surface area contributed by atoms with Crippen LogP contribution in [0.15, 0.2) is 24.5 Å². The van der Waals surface area contributed by atoms with Gasteiger partial charge in [0.15, 0.2) is 0 Å². The predicted octanol–water partition coefficient (Wildman–Crippen LogP) is 1.68. The topological polar surface area (TPSA) is 54.0 Å². The van der Waals surface area contributed by atoms with Crippen molar-refractivity contribution in [3.8, 4) is 0 Å². The number of nitrogens with one attached hydrogen (secondary N) is 2. The molecule has 2 rings (SSSR count). The molecular weight excluding hydrogens is 317 g/mol. The van der Waals surface area contributed by atoms with Crippen LogP contribution in [0.4, 0.5) is 0 Å². The molecule has 7 heteroatoms. The largest absolute Gasteiger partial charge is 0.356 e. The molecule has 1 amide bonds. The third-order valence-corrected chi connectivity index (χ3v) is 4.02. The van der Waals surface area contributed by atoms with Gasteiger partial charge in [0.25, 0.3) is 0 Å². The number of amides is 1. The summed E-state index contributed by atoms with van der Waals surface area (Å²) in [7, 11) is 0. The first-order valence-corrected chi connectivity index (χ1v) is 7.47. The maximum atomic E-state index is 11.7. The van der Waals surface area contributed by atoms with Crippen LogP contribution >= 0.6 is 36.6 Å². The molecule has 4 nitrogen and oxygen atoms in total. The Balaban J connectivity index is 0.00000180. The molecule has 1 aromatic heterocycles. The van der Waals surface area contributed by atoms with Crippen LogP contribution in [0.25, 0.3) is 0 Å². The van der Waals surface area contributed by atoms with Gasteiger partial charge >= 0.3 is 0 Å². The molecule has 1 unspecified atom stereocenters. The zero-order valence-electron chi connectivity index (χ0n) is 11.2. The van der Waals surface area contributed by atoms with Crippen LogP contribution in [0.5, 0.6) is 0 Å². The van der Waals surface area contributed by atoms with Crippen LogP contribution in [0.1, 0.15) is 12.0 Å². The lowest BCUT2D eigenvalue weighted by Crippen LogP contribution is -2.41. The van der Waals surface area contributed by atoms with Crippen molar-refractivity contribution in [1.29, 1.82) is 0 Å². The van der Waals surface area contributed by atoms with Gasteiger partial charge in [-0.05, 0) is 18.1 Å². The first kappa shape index (κ1) is 19.5. The fourth-order valence-electron chi connectivity index (χ4n) is 1.94. The van der Waals surface area contributed by atoms with E-state index in [4.69, 9.17) is 0 Å². The Kier molecular flexibility index (Phi) is 10.9. The SMILES string of the molecule is Cl.Cl.O=C(CC1CSCCN1)NCCc1cccnc1. The molecule has 1 aromatic rings. The molecule has 1 aliphatic rings. The Labute approximate surface area is 136 Å². The molecule has 0 bridgehead atoms. The van der Waals surface area contributed by atoms with Crippen molar-refractivity contribution in [3.63, 3.8) is 0 Å². The number of carbonyl (C=O) groups excluding carboxylic acids is 1. The van der Waals surface area contributed by atoms with Crippen molar-refractivity contribution >= 4 is 42.5 Å². The van der Waals surface area contributed by atoms with Gasteiger partial charge in [0.1, 0.15) is 0 Å². The number of rotatable bonds is 5. The van der Waals surface area contributed by atoms with E-state index in [0.717, 1.165) is 30.0 Å². The van der Waals surface area contributed by atoms with E-state index in [1.807, 2.05) is 30.1 Å². The molecule has 0 spiro atoms. The minimum atomic E-state index is 0. The second kappa shape index (κ2) is 11.2. The highest BCUT2D eigenvalue weighted by Gasteiger charge is 2.16. The average molecular weight is 338 g/mol. The normalized spacial score (nSPS) is 17.5. The van der Waals surface area contributed by atoms with Crippen molar-refractivity contribution < 1.29 is 4.79 Å². The minimum absolute atomic E-state index is 0. The van der Waals surface area contributed by atoms with Gasteiger partial charge in [-0.2, -0.15) is 11.8 Å². The van der Waals surface area contributed by atoms with Gasteiger partial charge in [-0.1, -0.05) is 6.07 Å². The number of hydrogen-bond donors (Lipinski definition) is 2. The Morgan fingerprint density at radius 1 is 1.50 bits per heavy atom. The van der Waals surface area contributed by atoms with Crippen LogP contribution in [-0.4, -0.2) is 41.5 Å². The average Bonchev–Trinajstić information content (AvgIpc) is 2.41. The number of pyridine rings is 1. The summed E-state index contributed by atoms with van der Waals surface area (Å²) in [5.41, 5.74) is 1.16. The van der Waals surface area contributed by atoms with Crippen LogP contribution in [0.2, 0.25) is 0 Å². The van der Waals surface area contributed by atoms with E-state index < -0.39 is 0 Å². The highest BCUT2D eigenvalue weighted by molar-refractivity contribution is 7.99. The van der Waals surface area contributed by atoms with Crippen molar-refractivity contribution in [2.45, 2.75) is 18.9 Å². The van der Waals surface area contributed by atoms with Crippen molar-refractivity contribution in [1.82, 2.24) is 15.6 Å². The fraction of sp³-hybridized carbons (Fsp3) is 0.538. The van der Waals surface area contributed by atoms with E-state index in [0.29, 0.717) is 19.0 Å². The number of aromatic nitrogens is 1. The van der Waals surface area contributed by atoms with Gasteiger partial charge in [0.2, 0.25) is 5.91 Å². The molecule has 0 aliphatic carbocycles. The molecular formula is C13H21Cl2N3OS. The van der Waals surface area contributed by atoms with Gasteiger partial charge in [-0.3, -0.25) is 9.78 Å². The number of carbonyl (C=O) groups is 1. The number of halogens is 2. The standard InChI is InChI=1S/C13H19N3OS.2ClH/c17-13(8-12-10-18-7-6-15-12)16-5-3-11-2-1-4-14-9-11;;/h1-2,4,9,12,15H,3,5-8,10H2,(H,16,17);2*1H. The zero-order valence-corrected chi connectivity index (χ0v) is 13.7. The Morgan fingerprint density at radius 3 is 3.00 bits per heavy atom. The molecule has 1 saturated heterocycles. The summed E-state index contributed by atoms with van der Waals surface area (Å²) in [5, 5.41) is 6.33. The van der Waals surface area contributed by atoms with E-state index in [1.54, 1.807) is 6.20 Å². The lowest BCUT2D eigenvalue weighted by atomic mass is 10.2. The van der Waals surface area contributed by atoms with E-state index in [1.165, 1.54) is 0 Å². The Morgan fingerprint density at radius 2 is 2.35 bits per heavy atom. The number of nitrogens with zero attached hydrogens (tertiary/aromatic N) is 1. The summed E-state index contributed by atoms with van der Waals surface area (Å²) < 4.78 is 0. The molecule has 0 radical (unpaired) electrons. The van der Waals surface area contributed by atoms with E-state index in [2.05, 4.69) is 15.6 Å². The lowest BCUT2D eigenvalue weighted by molar-refractivity contribution is -0.121. The van der Waals surface area contributed by atoms with Crippen LogP contribution in [0, 0.1) is 0 Å². The molecule has 1 fully saturated rings. The van der Waals surface area contributed by atoms with Crippen LogP contribution < -0.4 is 10.6 Å². The maximum absolute atomic E-state index is 11.7. The Hall–Kier alpha value is -0.490. The molecule has 20 heavy (non-hydrogen) atoms. The third-order valence-electron chi connectivity index (χ3n) is 2.89. The van der Waals surface area contributed by atoms with Crippen molar-refractivity contribution in [2.75, 3.05) is 24.6 Å². The summed E-state index contributed by atoms with van der Waals surface area (Å²) >= 11 is 1.91. The minimum Gasteiger partial charge on any atom is -0.356 e. The number of thioether (sulfide) groups is 1. The smallest absolute Gasteiger partial charge is 0.221 e. The highest BCUT2D eigenvalue weighted by atomic mass is 35.5. The highest BCUT2D eigenvalue weighted by Crippen LogP contribution is 2.09. The van der Waals surface area contributed by atoms with Gasteiger partial charge in [0, 0.05) is 49.5 Å². The van der Waals surface area contributed by atoms with Gasteiger partial charge in [-0.15, -0.1) is 24.8 Å². The molecule has 2 heterocycles. The summed E-state index contributed by atoms with van der Waals surface area (Å²) in [6.07, 6.45) is 5.02. The first-order valence-electron chi connectivity index (χ1n) is 6.31. The monoisotopic (exact) mass is 337 g/mol. The van der Waals surface area contributed by atoms with E-state index in [-0.39, 0.29) is 30.7 Å². The van der Waals surface area contributed by atoms with Crippen LogP contribution in [-0.2, 0) is 11.2 Å². The molecule has 0 saturated carbocycles. The zero-order chi connectivity index (χ0) is 12.6. The fourth-order valence-corrected chi connectivity index (χ4v) is 2.89. The second-order valence-corrected chi connectivity index (χ2v) is 5.54. The molecule has 2 N–H and O–H groups in total. The first-order chi connectivity index (χ1) is 8.84. The van der Waals surface area contributed by atoms with Crippen molar-refractivity contribution in [2.24, 2.45) is 0 Å². The third kappa shape index (κ3) is 7.33. The van der Waals surface area contributed by atoms with Crippen LogP contribution in [0.3, 0.4) is 0 Å². The summed E-state index contributed by atoms with van der Waals surface area (Å²) in [6.45, 7) is 1.70. The Bertz CT molecular complexity index is 375. The number of hydrogen-bond acceptors (Lipinski definition) is 4. The molecule has 1 atom stereocenters. The van der Waals surface area contributed by atoms with Gasteiger partial charge < -0.3 is 10.6 Å². The predicted molar refractivity (Wildman–Crippen MR) is 89.2 cm³/mol. The quantitative estimate of drug-likeness (QED) is 0.858. The summed E-state index contributed by atoms with van der Waals surface area (Å²) in [5.74, 6) is 2.33. The van der Waals surface area contributed by atoms with E-state index in [9.17, 15) is 4.79 Å². The summed E-state index contributed by atoms with van der Waals surface area (Å²) in [6, 6.07) is 4.28. The molecule has 1 aliphatic heterocycles. The summed E-state index contributed by atoms with van der Waals surface area (Å²) in [4.78, 5) is 15.8. The lowest BCUT2D eigenvalue weighted by Gasteiger charge is -2.22. The van der Waals surface area contributed by atoms with Gasteiger partial charge in [-0.25, -0.2) is 0 Å². The van der Waals surface area contributed by atoms with Crippen molar-refractivity contribution in [3.05, 3.63) is 30.1 Å². The van der Waals surface area contributed by atoms with Gasteiger partial charge in [0.05, 0.1) is 0 Å². The maximum Gasteiger partial charge on any atom is 0.221 e. The molecule has 114 valence electrons. The molecule has 0 aromatic carbocycles.